The Balaban J connectivity index is 2.38. The first-order valence-corrected chi connectivity index (χ1v) is 10.7. The molecule has 1 heterocycles. The monoisotopic (exact) mass is 539 g/mol. The van der Waals surface area contributed by atoms with Crippen molar-refractivity contribution in [2.24, 2.45) is 5.92 Å². The maximum Gasteiger partial charge on any atom is 0.272 e. The number of hydrogen-bond donors (Lipinski definition) is 1. The van der Waals surface area contributed by atoms with Gasteiger partial charge in [-0.3, -0.25) is 4.79 Å². The van der Waals surface area contributed by atoms with Gasteiger partial charge < -0.3 is 14.8 Å². The fourth-order valence-electron chi connectivity index (χ4n) is 3.49. The van der Waals surface area contributed by atoms with Crippen molar-refractivity contribution < 1.29 is 14.3 Å². The first kappa shape index (κ1) is 22.3. The number of alkyl halides is 5. The van der Waals surface area contributed by atoms with E-state index >= 15 is 0 Å². The molecular weight excluding hydrogens is 520 g/mol. The van der Waals surface area contributed by atoms with Crippen LogP contribution in [0.1, 0.15) is 33.6 Å². The van der Waals surface area contributed by atoms with E-state index in [0.717, 1.165) is 0 Å². The molecule has 2 fully saturated rings. The van der Waals surface area contributed by atoms with Crippen molar-refractivity contribution in [3.63, 3.8) is 0 Å². The third kappa shape index (κ3) is 4.87. The topological polar surface area (TPSA) is 47.6 Å². The molecule has 0 bridgehead atoms. The van der Waals surface area contributed by atoms with E-state index in [4.69, 9.17) is 44.3 Å². The fourth-order valence-corrected chi connectivity index (χ4v) is 4.86. The van der Waals surface area contributed by atoms with Crippen LogP contribution < -0.4 is 5.32 Å². The first-order valence-electron chi connectivity index (χ1n) is 7.90. The first-order chi connectivity index (χ1) is 11.2. The van der Waals surface area contributed by atoms with Gasteiger partial charge in [0.2, 0.25) is 0 Å². The van der Waals surface area contributed by atoms with Gasteiger partial charge in [-0.05, 0) is 33.6 Å². The second-order valence-electron chi connectivity index (χ2n) is 7.32. The second kappa shape index (κ2) is 7.41. The normalized spacial score (nSPS) is 41.4. The summed E-state index contributed by atoms with van der Waals surface area (Å²) < 4.78 is 9.58. The summed E-state index contributed by atoms with van der Waals surface area (Å²) >= 11 is 24.8. The Bertz CT molecular complexity index is 553. The third-order valence-electron chi connectivity index (χ3n) is 4.90. The zero-order valence-electron chi connectivity index (χ0n) is 14.3. The standard InChI is InChI=1S/C16H22Br2Cl3NO3/c1-5-15(22-12(23)16(19,20)21)7-11(17)14(4,18)6-9(15)10-8-24-13(2,3)25-10/h5,9-11H,1,6-8H2,2-4H3,(H,22,23)/t9?,10-,11+,14+,15+/m1/s1. The van der Waals surface area contributed by atoms with Crippen molar-refractivity contribution in [1.29, 1.82) is 0 Å². The van der Waals surface area contributed by atoms with Gasteiger partial charge in [0.05, 0.1) is 18.2 Å². The Morgan fingerprint density at radius 2 is 1.92 bits per heavy atom. The molecule has 1 N–H and O–H groups in total. The predicted octanol–water partition coefficient (Wildman–Crippen LogP) is 4.88. The summed E-state index contributed by atoms with van der Waals surface area (Å²) in [5.74, 6) is -1.47. The quantitative estimate of drug-likeness (QED) is 0.409. The lowest BCUT2D eigenvalue weighted by Gasteiger charge is -2.52. The molecule has 0 aromatic carbocycles. The molecular formula is C16H22Br2Cl3NO3. The maximum absolute atomic E-state index is 12.4. The van der Waals surface area contributed by atoms with E-state index in [-0.39, 0.29) is 21.2 Å². The van der Waals surface area contributed by atoms with Gasteiger partial charge in [0, 0.05) is 15.1 Å². The van der Waals surface area contributed by atoms with Crippen molar-refractivity contribution in [3.05, 3.63) is 12.7 Å². The van der Waals surface area contributed by atoms with Gasteiger partial charge in [-0.1, -0.05) is 72.7 Å². The molecule has 1 unspecified atom stereocenters. The summed E-state index contributed by atoms with van der Waals surface area (Å²) in [7, 11) is 0. The molecule has 1 saturated heterocycles. The van der Waals surface area contributed by atoms with Gasteiger partial charge in [0.1, 0.15) is 0 Å². The van der Waals surface area contributed by atoms with Gasteiger partial charge in [-0.2, -0.15) is 0 Å². The molecule has 0 radical (unpaired) electrons. The van der Waals surface area contributed by atoms with Crippen molar-refractivity contribution in [2.45, 2.75) is 64.0 Å². The van der Waals surface area contributed by atoms with Crippen molar-refractivity contribution in [1.82, 2.24) is 5.32 Å². The number of nitrogens with one attached hydrogen (secondary N) is 1. The summed E-state index contributed by atoms with van der Waals surface area (Å²) in [6.45, 7) is 10.2. The largest absolute Gasteiger partial charge is 0.348 e. The van der Waals surface area contributed by atoms with Crippen molar-refractivity contribution >= 4 is 72.6 Å². The van der Waals surface area contributed by atoms with Gasteiger partial charge >= 0.3 is 0 Å². The summed E-state index contributed by atoms with van der Waals surface area (Å²) in [6.07, 6.45) is 2.77. The predicted molar refractivity (Wildman–Crippen MR) is 109 cm³/mol. The van der Waals surface area contributed by atoms with Crippen LogP contribution in [0.5, 0.6) is 0 Å². The molecule has 25 heavy (non-hydrogen) atoms. The lowest BCUT2D eigenvalue weighted by atomic mass is 9.66. The number of rotatable bonds is 3. The molecule has 2 aliphatic rings. The highest BCUT2D eigenvalue weighted by atomic mass is 79.9. The Morgan fingerprint density at radius 3 is 2.36 bits per heavy atom. The van der Waals surface area contributed by atoms with E-state index in [2.05, 4.69) is 50.7 Å². The van der Waals surface area contributed by atoms with Crippen LogP contribution in [0, 0.1) is 5.92 Å². The van der Waals surface area contributed by atoms with E-state index in [1.54, 1.807) is 6.08 Å². The molecule has 1 aliphatic heterocycles. The number of halogens is 5. The van der Waals surface area contributed by atoms with Crippen LogP contribution in [0.15, 0.2) is 12.7 Å². The fraction of sp³-hybridized carbons (Fsp3) is 0.812. The number of ether oxygens (including phenoxy) is 2. The molecule has 1 amide bonds. The molecule has 0 aromatic heterocycles. The molecule has 2 rings (SSSR count). The molecule has 144 valence electrons. The minimum Gasteiger partial charge on any atom is -0.348 e. The highest BCUT2D eigenvalue weighted by Gasteiger charge is 2.56. The van der Waals surface area contributed by atoms with E-state index in [1.807, 2.05) is 13.8 Å². The Morgan fingerprint density at radius 1 is 1.32 bits per heavy atom. The molecule has 4 nitrogen and oxygen atoms in total. The molecule has 9 heteroatoms. The van der Waals surface area contributed by atoms with Gasteiger partial charge in [-0.15, -0.1) is 6.58 Å². The summed E-state index contributed by atoms with van der Waals surface area (Å²) in [5.41, 5.74) is -0.795. The van der Waals surface area contributed by atoms with E-state index in [9.17, 15) is 4.79 Å². The van der Waals surface area contributed by atoms with E-state index in [1.165, 1.54) is 0 Å². The molecule has 1 aliphatic carbocycles. The third-order valence-corrected chi connectivity index (χ3v) is 8.24. The lowest BCUT2D eigenvalue weighted by Crippen LogP contribution is -2.64. The summed E-state index contributed by atoms with van der Waals surface area (Å²) in [5, 5.41) is 2.91. The number of hydrogen-bond acceptors (Lipinski definition) is 3. The van der Waals surface area contributed by atoms with Crippen LogP contribution in [-0.4, -0.2) is 42.9 Å². The number of carbonyl (C=O) groups is 1. The SMILES string of the molecule is C=C[C@]1(NC(=O)C(Cl)(Cl)Cl)C[C@H](Br)[C@@](C)(Br)CC1[C@H]1COC(C)(C)O1. The van der Waals surface area contributed by atoms with Crippen LogP contribution in [0.4, 0.5) is 0 Å². The van der Waals surface area contributed by atoms with Crippen LogP contribution in [0.2, 0.25) is 0 Å². The zero-order valence-corrected chi connectivity index (χ0v) is 19.7. The summed E-state index contributed by atoms with van der Waals surface area (Å²) in [6, 6.07) is 0. The Hall–Kier alpha value is 0.960. The van der Waals surface area contributed by atoms with Crippen LogP contribution in [0.25, 0.3) is 0 Å². The van der Waals surface area contributed by atoms with Gasteiger partial charge in [-0.25, -0.2) is 0 Å². The van der Waals surface area contributed by atoms with Crippen molar-refractivity contribution in [2.75, 3.05) is 6.61 Å². The minimum atomic E-state index is -2.05. The van der Waals surface area contributed by atoms with E-state index < -0.39 is 21.0 Å². The van der Waals surface area contributed by atoms with Gasteiger partial charge in [0.25, 0.3) is 9.70 Å². The number of carbonyl (C=O) groups excluding carboxylic acids is 1. The Kier molecular flexibility index (Phi) is 6.60. The average molecular weight is 543 g/mol. The van der Waals surface area contributed by atoms with Crippen LogP contribution >= 0.6 is 66.7 Å². The Labute approximate surface area is 180 Å². The molecule has 1 saturated carbocycles. The van der Waals surface area contributed by atoms with Crippen LogP contribution in [-0.2, 0) is 14.3 Å². The maximum atomic E-state index is 12.4. The summed E-state index contributed by atoms with van der Waals surface area (Å²) in [4.78, 5) is 12.5. The van der Waals surface area contributed by atoms with Gasteiger partial charge in [0.15, 0.2) is 5.79 Å². The zero-order chi connectivity index (χ0) is 19.3. The van der Waals surface area contributed by atoms with E-state index in [0.29, 0.717) is 19.4 Å². The highest BCUT2D eigenvalue weighted by molar-refractivity contribution is 9.12. The van der Waals surface area contributed by atoms with Crippen molar-refractivity contribution in [3.8, 4) is 0 Å². The minimum absolute atomic E-state index is 0.0697. The second-order valence-corrected chi connectivity index (χ2v) is 12.5. The molecule has 5 atom stereocenters. The highest BCUT2D eigenvalue weighted by Crippen LogP contribution is 2.51. The molecule has 0 spiro atoms. The average Bonchev–Trinajstić information content (AvgIpc) is 2.81. The number of amides is 1. The van der Waals surface area contributed by atoms with Crippen LogP contribution in [0.3, 0.4) is 0 Å². The molecule has 0 aromatic rings. The lowest BCUT2D eigenvalue weighted by molar-refractivity contribution is -0.150. The smallest absolute Gasteiger partial charge is 0.272 e.